The smallest absolute Gasteiger partial charge is 0.326 e. The van der Waals surface area contributed by atoms with Crippen LogP contribution in [0.2, 0.25) is 0 Å². The van der Waals surface area contributed by atoms with Crippen LogP contribution in [-0.4, -0.2) is 56.5 Å². The van der Waals surface area contributed by atoms with Crippen LogP contribution in [0.3, 0.4) is 0 Å². The highest BCUT2D eigenvalue weighted by molar-refractivity contribution is 5.79. The molecule has 0 saturated carbocycles. The number of fused-ring (bicyclic) bond motifs is 1. The molecule has 0 amide bonds. The molecule has 1 saturated heterocycles. The maximum Gasteiger partial charge on any atom is 0.326 e. The van der Waals surface area contributed by atoms with Crippen LogP contribution in [-0.2, 0) is 9.53 Å². The third-order valence-corrected chi connectivity index (χ3v) is 3.54. The molecule has 3 rings (SSSR count). The van der Waals surface area contributed by atoms with Crippen LogP contribution in [0.1, 0.15) is 12.1 Å². The standard InChI is InChI=1S/C12H15N5O3/c1-7-3-10(17-12(15-7)13-6-14-17)16-5-8(20-2)4-9(16)11(18)19/h3,6,8-9H,4-5H2,1-2H3,(H,18,19). The largest absolute Gasteiger partial charge is 0.480 e. The molecule has 20 heavy (non-hydrogen) atoms. The van der Waals surface area contributed by atoms with Gasteiger partial charge in [0.15, 0.2) is 0 Å². The first kappa shape index (κ1) is 12.8. The van der Waals surface area contributed by atoms with Gasteiger partial charge in [0.25, 0.3) is 5.78 Å². The molecule has 2 aromatic rings. The molecule has 1 aliphatic heterocycles. The van der Waals surface area contributed by atoms with Crippen LogP contribution in [0, 0.1) is 6.92 Å². The van der Waals surface area contributed by atoms with E-state index < -0.39 is 12.0 Å². The van der Waals surface area contributed by atoms with Crippen molar-refractivity contribution in [3.63, 3.8) is 0 Å². The summed E-state index contributed by atoms with van der Waals surface area (Å²) in [5.41, 5.74) is 0.769. The Kier molecular flexibility index (Phi) is 3.01. The number of aliphatic carboxylic acids is 1. The Labute approximate surface area is 115 Å². The zero-order valence-corrected chi connectivity index (χ0v) is 11.2. The van der Waals surface area contributed by atoms with E-state index in [9.17, 15) is 9.90 Å². The number of methoxy groups -OCH3 is 1. The Hall–Kier alpha value is -2.22. The Morgan fingerprint density at radius 3 is 3.05 bits per heavy atom. The lowest BCUT2D eigenvalue weighted by Gasteiger charge is -2.23. The second-order valence-corrected chi connectivity index (χ2v) is 4.83. The Balaban J connectivity index is 2.08. The summed E-state index contributed by atoms with van der Waals surface area (Å²) < 4.78 is 6.86. The third-order valence-electron chi connectivity index (χ3n) is 3.54. The molecule has 1 fully saturated rings. The van der Waals surface area contributed by atoms with E-state index >= 15 is 0 Å². The number of ether oxygens (including phenoxy) is 1. The normalized spacial score (nSPS) is 22.6. The lowest BCUT2D eigenvalue weighted by atomic mass is 10.2. The molecule has 3 heterocycles. The number of hydrogen-bond donors (Lipinski definition) is 1. The number of anilines is 1. The van der Waals surface area contributed by atoms with Crippen molar-refractivity contribution in [1.82, 2.24) is 19.6 Å². The van der Waals surface area contributed by atoms with Crippen molar-refractivity contribution in [1.29, 1.82) is 0 Å². The van der Waals surface area contributed by atoms with Crippen molar-refractivity contribution >= 4 is 17.6 Å². The molecule has 2 aromatic heterocycles. The molecule has 0 radical (unpaired) electrons. The van der Waals surface area contributed by atoms with Crippen LogP contribution in [0.4, 0.5) is 5.82 Å². The highest BCUT2D eigenvalue weighted by Crippen LogP contribution is 2.27. The van der Waals surface area contributed by atoms with Crippen LogP contribution in [0.5, 0.6) is 0 Å². The van der Waals surface area contributed by atoms with E-state index in [4.69, 9.17) is 4.74 Å². The maximum atomic E-state index is 11.4. The summed E-state index contributed by atoms with van der Waals surface area (Å²) in [7, 11) is 1.59. The Morgan fingerprint density at radius 2 is 2.35 bits per heavy atom. The quantitative estimate of drug-likeness (QED) is 0.851. The second-order valence-electron chi connectivity index (χ2n) is 4.83. The van der Waals surface area contributed by atoms with Gasteiger partial charge in [0, 0.05) is 31.8 Å². The second kappa shape index (κ2) is 4.71. The van der Waals surface area contributed by atoms with Crippen LogP contribution in [0.15, 0.2) is 12.4 Å². The van der Waals surface area contributed by atoms with Gasteiger partial charge >= 0.3 is 5.97 Å². The highest BCUT2D eigenvalue weighted by Gasteiger charge is 2.38. The van der Waals surface area contributed by atoms with Crippen LogP contribution < -0.4 is 4.90 Å². The maximum absolute atomic E-state index is 11.4. The SMILES string of the molecule is COC1CC(C(=O)O)N(c2cc(C)nc3ncnn23)C1. The van der Waals surface area contributed by atoms with Crippen molar-refractivity contribution < 1.29 is 14.6 Å². The van der Waals surface area contributed by atoms with Crippen LogP contribution >= 0.6 is 0 Å². The van der Waals surface area contributed by atoms with Gasteiger partial charge in [-0.25, -0.2) is 9.78 Å². The molecular weight excluding hydrogens is 262 g/mol. The molecule has 2 atom stereocenters. The number of aryl methyl sites for hydroxylation is 1. The zero-order valence-electron chi connectivity index (χ0n) is 11.2. The number of carboxylic acid groups (broad SMARTS) is 1. The predicted molar refractivity (Wildman–Crippen MR) is 69.7 cm³/mol. The predicted octanol–water partition coefficient (Wildman–Crippen LogP) is 0.111. The van der Waals surface area contributed by atoms with Gasteiger partial charge in [-0.15, -0.1) is 0 Å². The lowest BCUT2D eigenvalue weighted by Crippen LogP contribution is -2.37. The number of aromatic nitrogens is 4. The Morgan fingerprint density at radius 1 is 1.55 bits per heavy atom. The number of carbonyl (C=O) groups is 1. The summed E-state index contributed by atoms with van der Waals surface area (Å²) in [4.78, 5) is 21.5. The molecule has 2 unspecified atom stereocenters. The van der Waals surface area contributed by atoms with Gasteiger partial charge in [0.1, 0.15) is 18.2 Å². The number of carboxylic acids is 1. The molecule has 1 N–H and O–H groups in total. The topological polar surface area (TPSA) is 92.9 Å². The summed E-state index contributed by atoms with van der Waals surface area (Å²) >= 11 is 0. The van der Waals surface area contributed by atoms with E-state index in [2.05, 4.69) is 15.1 Å². The molecule has 1 aliphatic rings. The summed E-state index contributed by atoms with van der Waals surface area (Å²) in [6.45, 7) is 2.35. The van der Waals surface area contributed by atoms with Crippen LogP contribution in [0.25, 0.3) is 5.78 Å². The van der Waals surface area contributed by atoms with Crippen molar-refractivity contribution in [3.8, 4) is 0 Å². The van der Waals surface area contributed by atoms with Crippen molar-refractivity contribution in [2.75, 3.05) is 18.6 Å². The molecular formula is C12H15N5O3. The molecule has 0 spiro atoms. The highest BCUT2D eigenvalue weighted by atomic mass is 16.5. The Bertz CT molecular complexity index is 656. The monoisotopic (exact) mass is 277 g/mol. The summed E-state index contributed by atoms with van der Waals surface area (Å²) in [5, 5.41) is 13.5. The van der Waals surface area contributed by atoms with Gasteiger partial charge in [-0.3, -0.25) is 0 Å². The minimum atomic E-state index is -0.868. The van der Waals surface area contributed by atoms with E-state index in [0.717, 1.165) is 5.69 Å². The lowest BCUT2D eigenvalue weighted by molar-refractivity contribution is -0.138. The third kappa shape index (κ3) is 1.97. The number of rotatable bonds is 3. The van der Waals surface area contributed by atoms with E-state index in [1.54, 1.807) is 16.5 Å². The average Bonchev–Trinajstić information content (AvgIpc) is 3.03. The molecule has 0 aromatic carbocycles. The van der Waals surface area contributed by atoms with Gasteiger partial charge in [-0.1, -0.05) is 0 Å². The van der Waals surface area contributed by atoms with Gasteiger partial charge < -0.3 is 14.7 Å². The molecule has 106 valence electrons. The van der Waals surface area contributed by atoms with E-state index in [1.165, 1.54) is 6.33 Å². The zero-order chi connectivity index (χ0) is 14.3. The molecule has 0 aliphatic carbocycles. The first-order chi connectivity index (χ1) is 9.60. The van der Waals surface area contributed by atoms with E-state index in [-0.39, 0.29) is 6.10 Å². The minimum absolute atomic E-state index is 0.108. The summed E-state index contributed by atoms with van der Waals surface area (Å²) in [5.74, 6) is 0.272. The molecule has 8 nitrogen and oxygen atoms in total. The minimum Gasteiger partial charge on any atom is -0.480 e. The van der Waals surface area contributed by atoms with Gasteiger partial charge in [-0.2, -0.15) is 14.6 Å². The average molecular weight is 277 g/mol. The first-order valence-electron chi connectivity index (χ1n) is 6.29. The number of nitrogens with zero attached hydrogens (tertiary/aromatic N) is 5. The summed E-state index contributed by atoms with van der Waals surface area (Å²) in [6.07, 6.45) is 1.75. The van der Waals surface area contributed by atoms with Crippen molar-refractivity contribution in [2.45, 2.75) is 25.5 Å². The van der Waals surface area contributed by atoms with E-state index in [1.807, 2.05) is 13.0 Å². The fraction of sp³-hybridized carbons (Fsp3) is 0.500. The first-order valence-corrected chi connectivity index (χ1v) is 6.29. The van der Waals surface area contributed by atoms with Crippen molar-refractivity contribution in [2.24, 2.45) is 0 Å². The van der Waals surface area contributed by atoms with Gasteiger partial charge in [0.05, 0.1) is 6.10 Å². The van der Waals surface area contributed by atoms with Gasteiger partial charge in [-0.05, 0) is 6.92 Å². The fourth-order valence-electron chi connectivity index (χ4n) is 2.57. The van der Waals surface area contributed by atoms with Gasteiger partial charge in [0.2, 0.25) is 0 Å². The van der Waals surface area contributed by atoms with E-state index in [0.29, 0.717) is 24.6 Å². The van der Waals surface area contributed by atoms with Crippen molar-refractivity contribution in [3.05, 3.63) is 18.1 Å². The molecule has 8 heteroatoms. The number of hydrogen-bond acceptors (Lipinski definition) is 6. The fourth-order valence-corrected chi connectivity index (χ4v) is 2.57. The summed E-state index contributed by atoms with van der Waals surface area (Å²) in [6, 6.07) is 1.18. The molecule has 0 bridgehead atoms.